The predicted octanol–water partition coefficient (Wildman–Crippen LogP) is 0.912. The minimum absolute atomic E-state index is 0.163. The molecule has 0 unspecified atom stereocenters. The molecule has 0 aromatic heterocycles. The summed E-state index contributed by atoms with van der Waals surface area (Å²) in [6.07, 6.45) is 2.83. The molecule has 0 aromatic carbocycles. The SMILES string of the molecule is CC(C)N1CCCCC(=O)N1. The van der Waals surface area contributed by atoms with Crippen LogP contribution in [0.4, 0.5) is 0 Å². The molecule has 1 aliphatic heterocycles. The lowest BCUT2D eigenvalue weighted by Crippen LogP contribution is -2.45. The van der Waals surface area contributed by atoms with Crippen LogP contribution in [-0.2, 0) is 4.79 Å². The van der Waals surface area contributed by atoms with Gasteiger partial charge in [0.15, 0.2) is 0 Å². The number of nitrogens with zero attached hydrogens (tertiary/aromatic N) is 1. The van der Waals surface area contributed by atoms with Crippen molar-refractivity contribution in [3.05, 3.63) is 0 Å². The lowest BCUT2D eigenvalue weighted by atomic mass is 10.2. The van der Waals surface area contributed by atoms with Crippen molar-refractivity contribution in [2.75, 3.05) is 6.54 Å². The Kier molecular flexibility index (Phi) is 2.88. The van der Waals surface area contributed by atoms with E-state index in [0.717, 1.165) is 19.4 Å². The molecule has 1 heterocycles. The highest BCUT2D eigenvalue weighted by Crippen LogP contribution is 2.05. The Hall–Kier alpha value is -0.570. The van der Waals surface area contributed by atoms with Crippen LogP contribution in [-0.4, -0.2) is 23.5 Å². The van der Waals surface area contributed by atoms with Crippen LogP contribution in [0.3, 0.4) is 0 Å². The molecule has 0 atom stereocenters. The van der Waals surface area contributed by atoms with Crippen LogP contribution in [0.2, 0.25) is 0 Å². The fraction of sp³-hybridized carbons (Fsp3) is 0.875. The van der Waals surface area contributed by atoms with E-state index in [9.17, 15) is 4.79 Å². The van der Waals surface area contributed by atoms with Gasteiger partial charge in [0.05, 0.1) is 0 Å². The molecule has 0 spiro atoms. The monoisotopic (exact) mass is 156 g/mol. The van der Waals surface area contributed by atoms with Crippen molar-refractivity contribution in [2.24, 2.45) is 0 Å². The molecule has 0 bridgehead atoms. The second kappa shape index (κ2) is 3.72. The minimum atomic E-state index is 0.163. The highest BCUT2D eigenvalue weighted by atomic mass is 16.2. The molecule has 0 radical (unpaired) electrons. The summed E-state index contributed by atoms with van der Waals surface area (Å²) in [6, 6.07) is 0.414. The second-order valence-corrected chi connectivity index (χ2v) is 3.28. The summed E-state index contributed by atoms with van der Waals surface area (Å²) < 4.78 is 0. The van der Waals surface area contributed by atoms with E-state index in [2.05, 4.69) is 19.3 Å². The zero-order valence-electron chi connectivity index (χ0n) is 7.26. The third-order valence-electron chi connectivity index (χ3n) is 1.94. The van der Waals surface area contributed by atoms with Gasteiger partial charge in [0.1, 0.15) is 0 Å². The van der Waals surface area contributed by atoms with Crippen LogP contribution in [0, 0.1) is 0 Å². The van der Waals surface area contributed by atoms with Crippen LogP contribution < -0.4 is 5.43 Å². The number of carbonyl (C=O) groups is 1. The molecule has 1 fully saturated rings. The van der Waals surface area contributed by atoms with Crippen LogP contribution in [0.5, 0.6) is 0 Å². The Labute approximate surface area is 67.7 Å². The van der Waals surface area contributed by atoms with Gasteiger partial charge in [0, 0.05) is 19.0 Å². The van der Waals surface area contributed by atoms with E-state index in [1.165, 1.54) is 0 Å². The van der Waals surface area contributed by atoms with E-state index in [4.69, 9.17) is 0 Å². The van der Waals surface area contributed by atoms with Crippen LogP contribution in [0.1, 0.15) is 33.1 Å². The van der Waals surface area contributed by atoms with Crippen molar-refractivity contribution in [3.63, 3.8) is 0 Å². The average molecular weight is 156 g/mol. The highest BCUT2D eigenvalue weighted by Gasteiger charge is 2.15. The molecule has 3 nitrogen and oxygen atoms in total. The summed E-state index contributed by atoms with van der Waals surface area (Å²) in [4.78, 5) is 11.0. The van der Waals surface area contributed by atoms with Gasteiger partial charge in [-0.05, 0) is 26.7 Å². The molecule has 1 amide bonds. The fourth-order valence-corrected chi connectivity index (χ4v) is 1.23. The Morgan fingerprint density at radius 1 is 1.45 bits per heavy atom. The second-order valence-electron chi connectivity index (χ2n) is 3.28. The zero-order chi connectivity index (χ0) is 8.27. The molecule has 11 heavy (non-hydrogen) atoms. The number of amides is 1. The molecular formula is C8H16N2O. The molecule has 0 saturated carbocycles. The number of hydrazine groups is 1. The first-order valence-corrected chi connectivity index (χ1v) is 4.26. The van der Waals surface area contributed by atoms with E-state index >= 15 is 0 Å². The molecule has 64 valence electrons. The predicted molar refractivity (Wildman–Crippen MR) is 43.8 cm³/mol. The first kappa shape index (κ1) is 8.53. The molecule has 1 N–H and O–H groups in total. The Morgan fingerprint density at radius 3 is 2.82 bits per heavy atom. The molecule has 3 heteroatoms. The third kappa shape index (κ3) is 2.50. The van der Waals surface area contributed by atoms with Crippen LogP contribution in [0.15, 0.2) is 0 Å². The molecular weight excluding hydrogens is 140 g/mol. The topological polar surface area (TPSA) is 32.3 Å². The maximum absolute atomic E-state index is 11.0. The van der Waals surface area contributed by atoms with E-state index in [0.29, 0.717) is 12.5 Å². The van der Waals surface area contributed by atoms with Gasteiger partial charge in [-0.2, -0.15) is 0 Å². The molecule has 1 rings (SSSR count). The largest absolute Gasteiger partial charge is 0.289 e. The van der Waals surface area contributed by atoms with Gasteiger partial charge in [-0.3, -0.25) is 10.2 Å². The average Bonchev–Trinajstić information content (AvgIpc) is 2.13. The zero-order valence-corrected chi connectivity index (χ0v) is 7.26. The van der Waals surface area contributed by atoms with E-state index in [1.54, 1.807) is 0 Å². The lowest BCUT2D eigenvalue weighted by Gasteiger charge is -2.24. The van der Waals surface area contributed by atoms with E-state index < -0.39 is 0 Å². The van der Waals surface area contributed by atoms with Crippen molar-refractivity contribution in [1.82, 2.24) is 10.4 Å². The van der Waals surface area contributed by atoms with Crippen molar-refractivity contribution in [1.29, 1.82) is 0 Å². The minimum Gasteiger partial charge on any atom is -0.289 e. The van der Waals surface area contributed by atoms with Gasteiger partial charge in [-0.15, -0.1) is 0 Å². The first-order chi connectivity index (χ1) is 5.20. The number of rotatable bonds is 1. The summed E-state index contributed by atoms with van der Waals surface area (Å²) in [7, 11) is 0. The van der Waals surface area contributed by atoms with Gasteiger partial charge in [-0.1, -0.05) is 0 Å². The van der Waals surface area contributed by atoms with Crippen molar-refractivity contribution >= 4 is 5.91 Å². The third-order valence-corrected chi connectivity index (χ3v) is 1.94. The fourth-order valence-electron chi connectivity index (χ4n) is 1.23. The normalized spacial score (nSPS) is 21.5. The Bertz CT molecular complexity index is 145. The van der Waals surface area contributed by atoms with Gasteiger partial charge >= 0.3 is 0 Å². The smallest absolute Gasteiger partial charge is 0.234 e. The number of hydrogen-bond acceptors (Lipinski definition) is 2. The Morgan fingerprint density at radius 2 is 2.18 bits per heavy atom. The van der Waals surface area contributed by atoms with Gasteiger partial charge in [0.25, 0.3) is 0 Å². The van der Waals surface area contributed by atoms with E-state index in [-0.39, 0.29) is 5.91 Å². The standard InChI is InChI=1S/C8H16N2O/c1-7(2)10-6-4-3-5-8(11)9-10/h7H,3-6H2,1-2H3,(H,9,11). The number of nitrogens with one attached hydrogen (secondary N) is 1. The maximum Gasteiger partial charge on any atom is 0.234 e. The molecule has 0 aromatic rings. The van der Waals surface area contributed by atoms with Crippen LogP contribution in [0.25, 0.3) is 0 Å². The Balaban J connectivity index is 2.45. The van der Waals surface area contributed by atoms with Gasteiger partial charge < -0.3 is 0 Å². The van der Waals surface area contributed by atoms with Crippen LogP contribution >= 0.6 is 0 Å². The first-order valence-electron chi connectivity index (χ1n) is 4.26. The number of hydrogen-bond donors (Lipinski definition) is 1. The molecule has 0 aliphatic carbocycles. The molecule has 1 saturated heterocycles. The van der Waals surface area contributed by atoms with Crippen molar-refractivity contribution in [3.8, 4) is 0 Å². The van der Waals surface area contributed by atoms with Crippen molar-refractivity contribution < 1.29 is 4.79 Å². The summed E-state index contributed by atoms with van der Waals surface area (Å²) in [5.41, 5.74) is 2.87. The van der Waals surface area contributed by atoms with Gasteiger partial charge in [-0.25, -0.2) is 5.01 Å². The summed E-state index contributed by atoms with van der Waals surface area (Å²) in [6.45, 7) is 5.17. The lowest BCUT2D eigenvalue weighted by molar-refractivity contribution is -0.125. The highest BCUT2D eigenvalue weighted by molar-refractivity contribution is 5.75. The van der Waals surface area contributed by atoms with Gasteiger partial charge in [0.2, 0.25) is 5.91 Å². The van der Waals surface area contributed by atoms with Crippen molar-refractivity contribution in [2.45, 2.75) is 39.2 Å². The quantitative estimate of drug-likeness (QED) is 0.612. The molecule has 1 aliphatic rings. The maximum atomic E-state index is 11.0. The summed E-state index contributed by atoms with van der Waals surface area (Å²) in [5, 5.41) is 2.01. The summed E-state index contributed by atoms with van der Waals surface area (Å²) in [5.74, 6) is 0.163. The number of carbonyl (C=O) groups excluding carboxylic acids is 1. The van der Waals surface area contributed by atoms with E-state index in [1.807, 2.05) is 5.01 Å². The summed E-state index contributed by atoms with van der Waals surface area (Å²) >= 11 is 0.